The molecule has 6 nitrogen and oxygen atoms in total. The number of imidazole rings is 1. The Hall–Kier alpha value is -2.22. The summed E-state index contributed by atoms with van der Waals surface area (Å²) in [5, 5.41) is 0. The first-order valence-corrected chi connectivity index (χ1v) is 10.5. The van der Waals surface area contributed by atoms with Gasteiger partial charge in [-0.25, -0.2) is 8.78 Å². The van der Waals surface area contributed by atoms with E-state index in [0.29, 0.717) is 13.0 Å². The van der Waals surface area contributed by atoms with E-state index in [1.807, 2.05) is 6.92 Å². The van der Waals surface area contributed by atoms with Crippen LogP contribution in [0.1, 0.15) is 52.9 Å². The quantitative estimate of drug-likeness (QED) is 0.590. The standard InChI is InChI=1S/C22H30F2N2O4/c1-5-28-18-11-17(23)21-20(19(18)24)25-22(26(21)4)30-16-8-6-15(7-9-16)29-12-13(2)10-14(3)27/h11,13,15-16H,5-10,12H2,1-4H3/t13-,15?,16?/m1/s1. The highest BCUT2D eigenvalue weighted by Gasteiger charge is 2.27. The Labute approximate surface area is 175 Å². The van der Waals surface area contributed by atoms with E-state index in [1.54, 1.807) is 20.9 Å². The number of aromatic nitrogens is 2. The third-order valence-corrected chi connectivity index (χ3v) is 5.41. The summed E-state index contributed by atoms with van der Waals surface area (Å²) < 4.78 is 47.6. The second-order valence-electron chi connectivity index (χ2n) is 8.12. The Kier molecular flexibility index (Phi) is 7.28. The molecule has 0 N–H and O–H groups in total. The molecular weight excluding hydrogens is 394 g/mol. The van der Waals surface area contributed by atoms with Gasteiger partial charge in [0.05, 0.1) is 12.7 Å². The van der Waals surface area contributed by atoms with Crippen molar-refractivity contribution in [3.05, 3.63) is 17.7 Å². The highest BCUT2D eigenvalue weighted by molar-refractivity contribution is 5.80. The van der Waals surface area contributed by atoms with Gasteiger partial charge in [0.25, 0.3) is 6.01 Å². The van der Waals surface area contributed by atoms with Gasteiger partial charge in [-0.2, -0.15) is 4.98 Å². The molecule has 0 saturated heterocycles. The molecule has 1 aliphatic rings. The summed E-state index contributed by atoms with van der Waals surface area (Å²) in [6.07, 6.45) is 3.78. The van der Waals surface area contributed by atoms with Crippen LogP contribution in [-0.2, 0) is 16.6 Å². The van der Waals surface area contributed by atoms with E-state index in [4.69, 9.17) is 14.2 Å². The number of ether oxygens (including phenoxy) is 3. The molecule has 1 aliphatic carbocycles. The average molecular weight is 424 g/mol. The molecule has 1 saturated carbocycles. The van der Waals surface area contributed by atoms with Crippen molar-refractivity contribution in [3.8, 4) is 11.8 Å². The number of fused-ring (bicyclic) bond motifs is 1. The van der Waals surface area contributed by atoms with Crippen LogP contribution in [0, 0.1) is 17.6 Å². The van der Waals surface area contributed by atoms with E-state index < -0.39 is 11.6 Å². The lowest BCUT2D eigenvalue weighted by Crippen LogP contribution is -2.30. The molecule has 0 unspecified atom stereocenters. The Bertz CT molecular complexity index is 891. The molecule has 0 aliphatic heterocycles. The molecule has 2 aromatic rings. The number of halogens is 2. The number of nitrogens with zero attached hydrogens (tertiary/aromatic N) is 2. The van der Waals surface area contributed by atoms with Crippen molar-refractivity contribution in [1.29, 1.82) is 0 Å². The second-order valence-corrected chi connectivity index (χ2v) is 8.12. The minimum atomic E-state index is -0.685. The Morgan fingerprint density at radius 2 is 1.93 bits per heavy atom. The van der Waals surface area contributed by atoms with Gasteiger partial charge in [-0.3, -0.25) is 4.57 Å². The van der Waals surface area contributed by atoms with Gasteiger partial charge in [-0.15, -0.1) is 0 Å². The van der Waals surface area contributed by atoms with Gasteiger partial charge in [0.2, 0.25) is 0 Å². The van der Waals surface area contributed by atoms with Crippen molar-refractivity contribution in [2.45, 2.75) is 65.1 Å². The summed E-state index contributed by atoms with van der Waals surface area (Å²) in [6.45, 7) is 6.11. The molecule has 8 heteroatoms. The highest BCUT2D eigenvalue weighted by Crippen LogP contribution is 2.33. The van der Waals surface area contributed by atoms with Crippen LogP contribution in [0.4, 0.5) is 8.78 Å². The maximum absolute atomic E-state index is 14.6. The van der Waals surface area contributed by atoms with Gasteiger partial charge in [-0.1, -0.05) is 6.92 Å². The third-order valence-electron chi connectivity index (χ3n) is 5.41. The molecule has 1 fully saturated rings. The van der Waals surface area contributed by atoms with Crippen LogP contribution in [0.5, 0.6) is 11.8 Å². The largest absolute Gasteiger partial charge is 0.491 e. The highest BCUT2D eigenvalue weighted by atomic mass is 19.1. The molecule has 1 aromatic carbocycles. The second kappa shape index (κ2) is 9.73. The number of benzene rings is 1. The summed E-state index contributed by atoms with van der Waals surface area (Å²) in [5.74, 6) is -1.05. The fourth-order valence-electron chi connectivity index (χ4n) is 3.95. The Balaban J connectivity index is 1.61. The maximum atomic E-state index is 14.6. The van der Waals surface area contributed by atoms with E-state index in [9.17, 15) is 13.6 Å². The normalized spacial score (nSPS) is 20.3. The molecule has 0 bridgehead atoms. The van der Waals surface area contributed by atoms with Gasteiger partial charge in [0.1, 0.15) is 22.9 Å². The van der Waals surface area contributed by atoms with Crippen LogP contribution in [0.3, 0.4) is 0 Å². The number of carbonyl (C=O) groups excluding carboxylic acids is 1. The first kappa shape index (κ1) is 22.5. The maximum Gasteiger partial charge on any atom is 0.297 e. The van der Waals surface area contributed by atoms with E-state index in [0.717, 1.165) is 31.7 Å². The predicted molar refractivity (Wildman–Crippen MR) is 109 cm³/mol. The van der Waals surface area contributed by atoms with Gasteiger partial charge in [0.15, 0.2) is 17.4 Å². The van der Waals surface area contributed by atoms with Gasteiger partial charge >= 0.3 is 0 Å². The summed E-state index contributed by atoms with van der Waals surface area (Å²) in [7, 11) is 1.61. The van der Waals surface area contributed by atoms with E-state index in [-0.39, 0.29) is 53.3 Å². The summed E-state index contributed by atoms with van der Waals surface area (Å²) >= 11 is 0. The number of Topliss-reactive ketones (excluding diaryl/α,β-unsaturated/α-hetero) is 1. The summed E-state index contributed by atoms with van der Waals surface area (Å²) in [4.78, 5) is 15.4. The van der Waals surface area contributed by atoms with Crippen LogP contribution in [-0.4, -0.2) is 40.8 Å². The van der Waals surface area contributed by atoms with Crippen LogP contribution < -0.4 is 9.47 Å². The van der Waals surface area contributed by atoms with Crippen molar-refractivity contribution >= 4 is 16.8 Å². The number of hydrogen-bond acceptors (Lipinski definition) is 5. The monoisotopic (exact) mass is 424 g/mol. The Morgan fingerprint density at radius 1 is 1.27 bits per heavy atom. The summed E-state index contributed by atoms with van der Waals surface area (Å²) in [6, 6.07) is 1.23. The van der Waals surface area contributed by atoms with Gasteiger partial charge in [-0.05, 0) is 45.4 Å². The summed E-state index contributed by atoms with van der Waals surface area (Å²) in [5.41, 5.74) is -0.0325. The zero-order chi connectivity index (χ0) is 21.8. The topological polar surface area (TPSA) is 62.6 Å². The molecule has 166 valence electrons. The SMILES string of the molecule is CCOc1cc(F)c2c(nc(OC3CCC(OC[C@H](C)CC(C)=O)CC3)n2C)c1F. The number of ketones is 1. The van der Waals surface area contributed by atoms with Crippen LogP contribution >= 0.6 is 0 Å². The van der Waals surface area contributed by atoms with E-state index in [1.165, 1.54) is 4.57 Å². The molecule has 1 atom stereocenters. The molecular formula is C22H30F2N2O4. The van der Waals surface area contributed by atoms with Crippen LogP contribution in [0.15, 0.2) is 6.07 Å². The number of rotatable bonds is 9. The molecule has 30 heavy (non-hydrogen) atoms. The van der Waals surface area contributed by atoms with Crippen molar-refractivity contribution in [2.75, 3.05) is 13.2 Å². The molecule has 0 radical (unpaired) electrons. The predicted octanol–water partition coefficient (Wildman–Crippen LogP) is 4.57. The van der Waals surface area contributed by atoms with Crippen molar-refractivity contribution in [1.82, 2.24) is 9.55 Å². The molecule has 0 spiro atoms. The molecule has 0 amide bonds. The zero-order valence-electron chi connectivity index (χ0n) is 18.0. The number of aryl methyl sites for hydroxylation is 1. The fraction of sp³-hybridized carbons (Fsp3) is 0.636. The van der Waals surface area contributed by atoms with Gasteiger partial charge < -0.3 is 19.0 Å². The number of hydrogen-bond donors (Lipinski definition) is 0. The lowest BCUT2D eigenvalue weighted by Gasteiger charge is -2.29. The lowest BCUT2D eigenvalue weighted by molar-refractivity contribution is -0.118. The first-order chi connectivity index (χ1) is 14.3. The van der Waals surface area contributed by atoms with Crippen LogP contribution in [0.2, 0.25) is 0 Å². The van der Waals surface area contributed by atoms with Crippen molar-refractivity contribution in [2.24, 2.45) is 13.0 Å². The molecule has 3 rings (SSSR count). The van der Waals surface area contributed by atoms with E-state index in [2.05, 4.69) is 4.98 Å². The zero-order valence-corrected chi connectivity index (χ0v) is 18.0. The van der Waals surface area contributed by atoms with E-state index >= 15 is 0 Å². The minimum Gasteiger partial charge on any atom is -0.491 e. The average Bonchev–Trinajstić information content (AvgIpc) is 3.02. The van der Waals surface area contributed by atoms with Crippen molar-refractivity contribution < 1.29 is 27.8 Å². The number of carbonyl (C=O) groups is 1. The smallest absolute Gasteiger partial charge is 0.297 e. The van der Waals surface area contributed by atoms with Crippen molar-refractivity contribution in [3.63, 3.8) is 0 Å². The fourth-order valence-corrected chi connectivity index (χ4v) is 3.95. The Morgan fingerprint density at radius 3 is 2.57 bits per heavy atom. The third kappa shape index (κ3) is 5.09. The molecule has 1 heterocycles. The minimum absolute atomic E-state index is 0.0578. The van der Waals surface area contributed by atoms with Gasteiger partial charge in [0, 0.05) is 26.1 Å². The molecule has 1 aromatic heterocycles. The lowest BCUT2D eigenvalue weighted by atomic mass is 9.95. The first-order valence-electron chi connectivity index (χ1n) is 10.5. The van der Waals surface area contributed by atoms with Crippen LogP contribution in [0.25, 0.3) is 11.0 Å².